The normalized spacial score (nSPS) is 28.7. The highest BCUT2D eigenvalue weighted by Gasteiger charge is 2.41. The SMILES string of the molecule is NC1C2CC[C@H]1CC(OCc1c(-c3ccccc3OC(F)(F)F)noc1C1CC1)C2. The first-order chi connectivity index (χ1) is 14.4. The summed E-state index contributed by atoms with van der Waals surface area (Å²) in [6.07, 6.45) is 1.49. The Kier molecular flexibility index (Phi) is 5.01. The van der Waals surface area contributed by atoms with Crippen molar-refractivity contribution in [1.29, 1.82) is 0 Å². The lowest BCUT2D eigenvalue weighted by Gasteiger charge is -2.33. The summed E-state index contributed by atoms with van der Waals surface area (Å²) < 4.78 is 54.7. The van der Waals surface area contributed by atoms with Gasteiger partial charge in [-0.25, -0.2) is 0 Å². The Morgan fingerprint density at radius 1 is 1.07 bits per heavy atom. The summed E-state index contributed by atoms with van der Waals surface area (Å²) in [5.74, 6) is 1.70. The van der Waals surface area contributed by atoms with Crippen LogP contribution in [0.1, 0.15) is 55.8 Å². The third-order valence-corrected chi connectivity index (χ3v) is 6.73. The molecule has 0 amide bonds. The Labute approximate surface area is 172 Å². The van der Waals surface area contributed by atoms with Gasteiger partial charge >= 0.3 is 6.36 Å². The molecule has 5 nitrogen and oxygen atoms in total. The molecule has 3 aliphatic rings. The van der Waals surface area contributed by atoms with Gasteiger partial charge in [0, 0.05) is 23.1 Å². The summed E-state index contributed by atoms with van der Waals surface area (Å²) >= 11 is 0. The number of ether oxygens (including phenoxy) is 2. The Balaban J connectivity index is 1.40. The third kappa shape index (κ3) is 3.95. The van der Waals surface area contributed by atoms with Gasteiger partial charge in [0.25, 0.3) is 0 Å². The lowest BCUT2D eigenvalue weighted by atomic mass is 9.83. The van der Waals surface area contributed by atoms with Crippen molar-refractivity contribution in [3.05, 3.63) is 35.6 Å². The van der Waals surface area contributed by atoms with Crippen LogP contribution in [0.4, 0.5) is 13.2 Å². The van der Waals surface area contributed by atoms with E-state index in [1.54, 1.807) is 12.1 Å². The van der Waals surface area contributed by atoms with E-state index in [4.69, 9.17) is 15.0 Å². The smallest absolute Gasteiger partial charge is 0.405 e. The minimum atomic E-state index is -4.78. The maximum atomic E-state index is 12.9. The van der Waals surface area contributed by atoms with Crippen LogP contribution in [0.15, 0.2) is 28.8 Å². The van der Waals surface area contributed by atoms with Gasteiger partial charge in [-0.1, -0.05) is 17.3 Å². The Bertz CT molecular complexity index is 895. The Morgan fingerprint density at radius 3 is 2.43 bits per heavy atom. The van der Waals surface area contributed by atoms with Gasteiger partial charge in [-0.15, -0.1) is 13.2 Å². The van der Waals surface area contributed by atoms with Crippen LogP contribution in [-0.4, -0.2) is 23.7 Å². The van der Waals surface area contributed by atoms with Crippen molar-refractivity contribution in [3.63, 3.8) is 0 Å². The predicted octanol–water partition coefficient (Wildman–Crippen LogP) is 5.15. The van der Waals surface area contributed by atoms with E-state index in [-0.39, 0.29) is 36.0 Å². The number of alkyl halides is 3. The number of fused-ring (bicyclic) bond motifs is 2. The van der Waals surface area contributed by atoms with Gasteiger partial charge in [0.1, 0.15) is 17.2 Å². The Hall–Kier alpha value is -2.06. The molecule has 1 aromatic heterocycles. The average molecular weight is 422 g/mol. The molecule has 0 saturated heterocycles. The summed E-state index contributed by atoms with van der Waals surface area (Å²) in [6, 6.07) is 6.29. The van der Waals surface area contributed by atoms with Gasteiger partial charge in [0.05, 0.1) is 12.7 Å². The number of hydrogen-bond acceptors (Lipinski definition) is 5. The summed E-state index contributed by atoms with van der Waals surface area (Å²) in [5.41, 5.74) is 7.65. The molecule has 4 atom stereocenters. The molecule has 0 spiro atoms. The minimum absolute atomic E-state index is 0.110. The molecule has 3 saturated carbocycles. The molecular formula is C22H25F3N2O3. The van der Waals surface area contributed by atoms with Gasteiger partial charge in [-0.3, -0.25) is 0 Å². The molecule has 3 aliphatic carbocycles. The molecule has 0 aliphatic heterocycles. The van der Waals surface area contributed by atoms with E-state index in [0.717, 1.165) is 49.8 Å². The first kappa shape index (κ1) is 19.9. The van der Waals surface area contributed by atoms with E-state index < -0.39 is 6.36 Å². The van der Waals surface area contributed by atoms with Crippen LogP contribution in [0.5, 0.6) is 5.75 Å². The number of rotatable bonds is 6. The molecule has 8 heteroatoms. The van der Waals surface area contributed by atoms with E-state index >= 15 is 0 Å². The summed E-state index contributed by atoms with van der Waals surface area (Å²) in [6.45, 7) is 0.268. The topological polar surface area (TPSA) is 70.5 Å². The first-order valence-electron chi connectivity index (χ1n) is 10.6. The largest absolute Gasteiger partial charge is 0.573 e. The van der Waals surface area contributed by atoms with Crippen molar-refractivity contribution < 1.29 is 27.2 Å². The zero-order valence-electron chi connectivity index (χ0n) is 16.5. The molecule has 3 fully saturated rings. The van der Waals surface area contributed by atoms with Gasteiger partial charge in [-0.2, -0.15) is 0 Å². The molecule has 3 unspecified atom stereocenters. The van der Waals surface area contributed by atoms with Crippen molar-refractivity contribution in [2.75, 3.05) is 0 Å². The second-order valence-electron chi connectivity index (χ2n) is 8.77. The van der Waals surface area contributed by atoms with Crippen LogP contribution in [0.2, 0.25) is 0 Å². The van der Waals surface area contributed by atoms with Crippen molar-refractivity contribution in [3.8, 4) is 17.0 Å². The number of nitrogens with two attached hydrogens (primary N) is 1. The third-order valence-electron chi connectivity index (χ3n) is 6.73. The summed E-state index contributed by atoms with van der Waals surface area (Å²) in [7, 11) is 0. The highest BCUT2D eigenvalue weighted by Crippen LogP contribution is 2.47. The van der Waals surface area contributed by atoms with E-state index in [0.29, 0.717) is 17.5 Å². The number of halogens is 3. The molecule has 1 heterocycles. The first-order valence-corrected chi connectivity index (χ1v) is 10.6. The zero-order chi connectivity index (χ0) is 20.9. The quantitative estimate of drug-likeness (QED) is 0.697. The van der Waals surface area contributed by atoms with E-state index in [2.05, 4.69) is 9.89 Å². The standard InChI is InChI=1S/C22H25F3N2O3/c23-22(24,25)29-18-4-2-1-3-16(18)20-17(21(30-27-20)12-5-6-12)11-28-15-9-13-7-8-14(10-15)19(13)26/h1-4,12-15,19H,5-11,26H2/t13-,14?,15?,19?/m0/s1. The van der Waals surface area contributed by atoms with Crippen molar-refractivity contribution >= 4 is 0 Å². The molecule has 2 bridgehead atoms. The summed E-state index contributed by atoms with van der Waals surface area (Å²) in [5, 5.41) is 4.13. The average Bonchev–Trinajstić information content (AvgIpc) is 3.42. The fourth-order valence-electron chi connectivity index (χ4n) is 5.07. The van der Waals surface area contributed by atoms with Crippen molar-refractivity contribution in [2.24, 2.45) is 17.6 Å². The van der Waals surface area contributed by atoms with Crippen LogP contribution in [0, 0.1) is 11.8 Å². The highest BCUT2D eigenvalue weighted by atomic mass is 19.4. The maximum Gasteiger partial charge on any atom is 0.573 e. The predicted molar refractivity (Wildman–Crippen MR) is 103 cm³/mol. The van der Waals surface area contributed by atoms with Gasteiger partial charge in [0.15, 0.2) is 0 Å². The number of benzene rings is 1. The monoisotopic (exact) mass is 422 g/mol. The van der Waals surface area contributed by atoms with E-state index in [1.165, 1.54) is 12.1 Å². The van der Waals surface area contributed by atoms with Gasteiger partial charge in [0.2, 0.25) is 0 Å². The molecule has 0 radical (unpaired) electrons. The maximum absolute atomic E-state index is 12.9. The van der Waals surface area contributed by atoms with Crippen LogP contribution in [-0.2, 0) is 11.3 Å². The second kappa shape index (κ2) is 7.57. The van der Waals surface area contributed by atoms with Crippen LogP contribution < -0.4 is 10.5 Å². The minimum Gasteiger partial charge on any atom is -0.405 e. The molecule has 2 aromatic rings. The Morgan fingerprint density at radius 2 is 1.77 bits per heavy atom. The number of nitrogens with zero attached hydrogens (tertiary/aromatic N) is 1. The van der Waals surface area contributed by atoms with E-state index in [9.17, 15) is 13.2 Å². The van der Waals surface area contributed by atoms with Crippen LogP contribution in [0.25, 0.3) is 11.3 Å². The van der Waals surface area contributed by atoms with Crippen molar-refractivity contribution in [1.82, 2.24) is 5.16 Å². The van der Waals surface area contributed by atoms with E-state index in [1.807, 2.05) is 0 Å². The number of hydrogen-bond donors (Lipinski definition) is 1. The van der Waals surface area contributed by atoms with Crippen molar-refractivity contribution in [2.45, 2.75) is 69.6 Å². The fraction of sp³-hybridized carbons (Fsp3) is 0.591. The molecule has 5 rings (SSSR count). The van der Waals surface area contributed by atoms with Gasteiger partial charge in [-0.05, 0) is 62.5 Å². The number of para-hydroxylation sites is 1. The fourth-order valence-corrected chi connectivity index (χ4v) is 5.07. The second-order valence-corrected chi connectivity index (χ2v) is 8.77. The summed E-state index contributed by atoms with van der Waals surface area (Å²) in [4.78, 5) is 0. The molecular weight excluding hydrogens is 397 g/mol. The van der Waals surface area contributed by atoms with Crippen LogP contribution in [0.3, 0.4) is 0 Å². The molecule has 1 aromatic carbocycles. The molecule has 30 heavy (non-hydrogen) atoms. The molecule has 2 N–H and O–H groups in total. The molecule has 162 valence electrons. The van der Waals surface area contributed by atoms with Gasteiger partial charge < -0.3 is 19.7 Å². The zero-order valence-corrected chi connectivity index (χ0v) is 16.5. The highest BCUT2D eigenvalue weighted by molar-refractivity contribution is 5.70. The van der Waals surface area contributed by atoms with Crippen LogP contribution >= 0.6 is 0 Å². The lowest BCUT2D eigenvalue weighted by molar-refractivity contribution is -0.274. The number of aromatic nitrogens is 1. The lowest BCUT2D eigenvalue weighted by Crippen LogP contribution is -2.40.